The molecule has 4 rings (SSSR count). The van der Waals surface area contributed by atoms with Gasteiger partial charge in [0.2, 0.25) is 0 Å². The van der Waals surface area contributed by atoms with Gasteiger partial charge in [0.15, 0.2) is 5.11 Å². The summed E-state index contributed by atoms with van der Waals surface area (Å²) in [4.78, 5) is 19.7. The van der Waals surface area contributed by atoms with E-state index in [1.54, 1.807) is 18.3 Å². The summed E-state index contributed by atoms with van der Waals surface area (Å²) in [6, 6.07) is 16.4. The van der Waals surface area contributed by atoms with Gasteiger partial charge >= 0.3 is 0 Å². The van der Waals surface area contributed by atoms with Gasteiger partial charge in [0.25, 0.3) is 5.69 Å². The Kier molecular flexibility index (Phi) is 6.48. The van der Waals surface area contributed by atoms with Gasteiger partial charge in [-0.15, -0.1) is 0 Å². The first-order valence-electron chi connectivity index (χ1n) is 10.5. The Hall–Kier alpha value is -3.30. The van der Waals surface area contributed by atoms with Crippen LogP contribution in [0.15, 0.2) is 67.0 Å². The van der Waals surface area contributed by atoms with Crippen LogP contribution in [0.4, 0.5) is 5.69 Å². The quantitative estimate of drug-likeness (QED) is 0.318. The molecule has 0 amide bonds. The van der Waals surface area contributed by atoms with Crippen LogP contribution >= 0.6 is 12.2 Å². The van der Waals surface area contributed by atoms with Gasteiger partial charge in [-0.05, 0) is 75.7 Å². The van der Waals surface area contributed by atoms with E-state index in [-0.39, 0.29) is 22.7 Å². The van der Waals surface area contributed by atoms with Gasteiger partial charge in [0, 0.05) is 42.5 Å². The largest absolute Gasteiger partial charge is 0.352 e. The zero-order valence-electron chi connectivity index (χ0n) is 18.1. The highest BCUT2D eigenvalue weighted by molar-refractivity contribution is 7.80. The molecule has 1 fully saturated rings. The van der Waals surface area contributed by atoms with Crippen molar-refractivity contribution < 1.29 is 4.92 Å². The number of aromatic nitrogens is 2. The molecule has 8 nitrogen and oxygen atoms in total. The lowest BCUT2D eigenvalue weighted by Crippen LogP contribution is -2.32. The number of pyridine rings is 1. The molecule has 0 aliphatic carbocycles. The predicted octanol–water partition coefficient (Wildman–Crippen LogP) is 3.70. The van der Waals surface area contributed by atoms with Crippen molar-refractivity contribution in [3.63, 3.8) is 0 Å². The number of hydrogen-bond donors (Lipinski definition) is 1. The van der Waals surface area contributed by atoms with Crippen molar-refractivity contribution in [3.05, 3.63) is 88.5 Å². The summed E-state index contributed by atoms with van der Waals surface area (Å²) in [6.45, 7) is 1.77. The molecule has 1 aliphatic heterocycles. The number of nitrogens with one attached hydrogen (secondary N) is 1. The average Bonchev–Trinajstić information content (AvgIpc) is 3.39. The molecule has 0 saturated carbocycles. The molecule has 1 saturated heterocycles. The number of benzene rings is 1. The van der Waals surface area contributed by atoms with E-state index in [2.05, 4.69) is 44.8 Å². The molecular weight excluding hydrogens is 424 g/mol. The van der Waals surface area contributed by atoms with Crippen molar-refractivity contribution in [1.82, 2.24) is 24.7 Å². The maximum atomic E-state index is 11.1. The van der Waals surface area contributed by atoms with Crippen molar-refractivity contribution >= 4 is 23.0 Å². The van der Waals surface area contributed by atoms with Crippen molar-refractivity contribution in [2.24, 2.45) is 0 Å². The summed E-state index contributed by atoms with van der Waals surface area (Å²) in [5.41, 5.74) is 2.90. The molecule has 2 unspecified atom stereocenters. The second kappa shape index (κ2) is 9.46. The van der Waals surface area contributed by atoms with E-state index >= 15 is 0 Å². The first-order valence-corrected chi connectivity index (χ1v) is 10.9. The number of rotatable bonds is 8. The number of non-ortho nitro benzene ring substituents is 1. The van der Waals surface area contributed by atoms with Crippen molar-refractivity contribution in [3.8, 4) is 5.69 Å². The van der Waals surface area contributed by atoms with Crippen LogP contribution in [0.2, 0.25) is 0 Å². The van der Waals surface area contributed by atoms with Gasteiger partial charge in [-0.2, -0.15) is 0 Å². The highest BCUT2D eigenvalue weighted by atomic mass is 32.1. The standard InChI is InChI=1S/C23H26N6O2S/c1-26(2)14-6-16-28-22(21(25-23(28)32)19-7-3-4-13-24-19)20-8-5-15-27(20)17-9-11-18(12-10-17)29(30)31/h3-5,7-13,15,21-22H,6,14,16H2,1-2H3,(H,25,32). The Labute approximate surface area is 192 Å². The molecule has 3 heterocycles. The van der Waals surface area contributed by atoms with Crippen LogP contribution in [0.25, 0.3) is 5.69 Å². The van der Waals surface area contributed by atoms with Crippen molar-refractivity contribution in [2.45, 2.75) is 18.5 Å². The van der Waals surface area contributed by atoms with E-state index in [0.717, 1.165) is 36.6 Å². The second-order valence-electron chi connectivity index (χ2n) is 8.05. The number of nitro groups is 1. The lowest BCUT2D eigenvalue weighted by atomic mass is 10.0. The van der Waals surface area contributed by atoms with E-state index in [9.17, 15) is 10.1 Å². The van der Waals surface area contributed by atoms with E-state index in [1.165, 1.54) is 12.1 Å². The Morgan fingerprint density at radius 1 is 1.16 bits per heavy atom. The smallest absolute Gasteiger partial charge is 0.269 e. The summed E-state index contributed by atoms with van der Waals surface area (Å²) < 4.78 is 2.07. The maximum Gasteiger partial charge on any atom is 0.269 e. The Morgan fingerprint density at radius 3 is 2.59 bits per heavy atom. The third kappa shape index (κ3) is 4.49. The average molecular weight is 451 g/mol. The molecule has 166 valence electrons. The Balaban J connectivity index is 1.72. The predicted molar refractivity (Wildman–Crippen MR) is 128 cm³/mol. The molecule has 1 aliphatic rings. The SMILES string of the molecule is CN(C)CCCN1C(=S)NC(c2ccccn2)C1c1cccn1-c1ccc([N+](=O)[O-])cc1. The van der Waals surface area contributed by atoms with Gasteiger partial charge in [-0.3, -0.25) is 15.1 Å². The van der Waals surface area contributed by atoms with Crippen LogP contribution in [0, 0.1) is 10.1 Å². The fraction of sp³-hybridized carbons (Fsp3) is 0.304. The van der Waals surface area contributed by atoms with E-state index in [4.69, 9.17) is 12.2 Å². The van der Waals surface area contributed by atoms with Crippen LogP contribution in [0.1, 0.15) is 29.9 Å². The highest BCUT2D eigenvalue weighted by Crippen LogP contribution is 2.39. The Bertz CT molecular complexity index is 1080. The number of hydrogen-bond acceptors (Lipinski definition) is 5. The number of thiocarbonyl (C=S) groups is 1. The summed E-state index contributed by atoms with van der Waals surface area (Å²) in [6.07, 6.45) is 4.74. The molecule has 32 heavy (non-hydrogen) atoms. The Morgan fingerprint density at radius 2 is 1.94 bits per heavy atom. The normalized spacial score (nSPS) is 18.2. The monoisotopic (exact) mass is 450 g/mol. The zero-order valence-corrected chi connectivity index (χ0v) is 18.9. The van der Waals surface area contributed by atoms with E-state index in [0.29, 0.717) is 5.11 Å². The van der Waals surface area contributed by atoms with Crippen LogP contribution in [0.3, 0.4) is 0 Å². The third-order valence-electron chi connectivity index (χ3n) is 5.62. The fourth-order valence-corrected chi connectivity index (χ4v) is 4.46. The first-order chi connectivity index (χ1) is 15.5. The molecule has 2 atom stereocenters. The number of nitro benzene ring substituents is 1. The summed E-state index contributed by atoms with van der Waals surface area (Å²) in [5.74, 6) is 0. The van der Waals surface area contributed by atoms with Crippen molar-refractivity contribution in [2.75, 3.05) is 27.2 Å². The lowest BCUT2D eigenvalue weighted by molar-refractivity contribution is -0.384. The first kappa shape index (κ1) is 21.9. The van der Waals surface area contributed by atoms with Crippen LogP contribution in [0.5, 0.6) is 0 Å². The molecule has 0 bridgehead atoms. The third-order valence-corrected chi connectivity index (χ3v) is 5.98. The molecule has 0 spiro atoms. The molecule has 9 heteroatoms. The minimum atomic E-state index is -0.386. The topological polar surface area (TPSA) is 79.5 Å². The molecule has 3 aromatic rings. The van der Waals surface area contributed by atoms with Gasteiger partial charge < -0.3 is 19.7 Å². The minimum absolute atomic E-state index is 0.0650. The fourth-order valence-electron chi connectivity index (χ4n) is 4.13. The van der Waals surface area contributed by atoms with E-state index in [1.807, 2.05) is 30.5 Å². The molecule has 2 aromatic heterocycles. The van der Waals surface area contributed by atoms with Gasteiger partial charge in [0.05, 0.1) is 22.7 Å². The zero-order chi connectivity index (χ0) is 22.7. The summed E-state index contributed by atoms with van der Waals surface area (Å²) in [7, 11) is 4.13. The molecule has 0 radical (unpaired) electrons. The molecule has 1 N–H and O–H groups in total. The molecule has 1 aromatic carbocycles. The van der Waals surface area contributed by atoms with Gasteiger partial charge in [-0.1, -0.05) is 6.07 Å². The van der Waals surface area contributed by atoms with Crippen LogP contribution in [-0.4, -0.2) is 56.6 Å². The summed E-state index contributed by atoms with van der Waals surface area (Å²) in [5, 5.41) is 15.2. The van der Waals surface area contributed by atoms with Crippen LogP contribution < -0.4 is 5.32 Å². The van der Waals surface area contributed by atoms with E-state index < -0.39 is 0 Å². The van der Waals surface area contributed by atoms with Gasteiger partial charge in [0.1, 0.15) is 0 Å². The maximum absolute atomic E-state index is 11.1. The summed E-state index contributed by atoms with van der Waals surface area (Å²) >= 11 is 5.74. The number of nitrogens with zero attached hydrogens (tertiary/aromatic N) is 5. The lowest BCUT2D eigenvalue weighted by Gasteiger charge is -2.29. The second-order valence-corrected chi connectivity index (χ2v) is 8.44. The van der Waals surface area contributed by atoms with Crippen LogP contribution in [-0.2, 0) is 0 Å². The molecular formula is C23H26N6O2S. The highest BCUT2D eigenvalue weighted by Gasteiger charge is 2.40. The van der Waals surface area contributed by atoms with Gasteiger partial charge in [-0.25, -0.2) is 0 Å². The van der Waals surface area contributed by atoms with Crippen molar-refractivity contribution in [1.29, 1.82) is 0 Å². The minimum Gasteiger partial charge on any atom is -0.352 e.